The van der Waals surface area contributed by atoms with Crippen LogP contribution in [-0.4, -0.2) is 73.9 Å². The molecule has 4 heteroatoms. The summed E-state index contributed by atoms with van der Waals surface area (Å²) in [5.74, 6) is 2.52. The first-order valence-electron chi connectivity index (χ1n) is 10.5. The molecule has 0 aromatic rings. The van der Waals surface area contributed by atoms with Crippen LogP contribution in [0.25, 0.3) is 0 Å². The molecule has 0 aromatic carbocycles. The van der Waals surface area contributed by atoms with Crippen molar-refractivity contribution in [3.8, 4) is 0 Å². The van der Waals surface area contributed by atoms with Crippen molar-refractivity contribution >= 4 is 11.6 Å². The third kappa shape index (κ3) is 6.18. The molecule has 25 heavy (non-hydrogen) atoms. The van der Waals surface area contributed by atoms with Crippen LogP contribution in [0.1, 0.15) is 58.8 Å². The molecule has 0 atom stereocenters. The van der Waals surface area contributed by atoms with Crippen molar-refractivity contribution < 1.29 is 18.6 Å². The third-order valence-electron chi connectivity index (χ3n) is 6.88. The lowest BCUT2D eigenvalue weighted by atomic mass is 9.81. The molecular weight excluding hydrogens is 312 g/mol. The Morgan fingerprint density at radius 1 is 0.720 bits per heavy atom. The minimum absolute atomic E-state index is 0.409. The molecule has 0 aliphatic carbocycles. The van der Waals surface area contributed by atoms with Crippen molar-refractivity contribution in [3.63, 3.8) is 0 Å². The van der Waals surface area contributed by atoms with Crippen molar-refractivity contribution in [2.45, 2.75) is 58.8 Å². The van der Waals surface area contributed by atoms with Crippen LogP contribution in [0, 0.1) is 11.8 Å². The second-order valence-electron chi connectivity index (χ2n) is 9.36. The maximum Gasteiger partial charge on any atom is 0.186 e. The minimum Gasteiger partial charge on any atom is -0.320 e. The van der Waals surface area contributed by atoms with Gasteiger partial charge in [-0.2, -0.15) is 0 Å². The van der Waals surface area contributed by atoms with Crippen LogP contribution in [0.2, 0.25) is 0 Å². The number of carbonyl (C=O) groups is 2. The SMILES string of the molecule is CCC(=O)C[N+]1(C)CCC(CC2CC[N+](C)(CC(=O)CC)CC2)CC1. The number of hydrogen-bond acceptors (Lipinski definition) is 2. The second kappa shape index (κ2) is 8.77. The van der Waals surface area contributed by atoms with Gasteiger partial charge in [0.25, 0.3) is 0 Å². The highest BCUT2D eigenvalue weighted by molar-refractivity contribution is 5.79. The molecule has 2 aliphatic rings. The normalized spacial score (nSPS) is 36.2. The molecule has 2 saturated heterocycles. The van der Waals surface area contributed by atoms with E-state index in [9.17, 15) is 9.59 Å². The van der Waals surface area contributed by atoms with Gasteiger partial charge in [-0.1, -0.05) is 13.8 Å². The third-order valence-corrected chi connectivity index (χ3v) is 6.88. The van der Waals surface area contributed by atoms with Gasteiger partial charge in [-0.3, -0.25) is 9.59 Å². The van der Waals surface area contributed by atoms with Crippen LogP contribution in [0.5, 0.6) is 0 Å². The Morgan fingerprint density at radius 3 is 1.32 bits per heavy atom. The maximum absolute atomic E-state index is 11.8. The van der Waals surface area contributed by atoms with Crippen LogP contribution in [0.4, 0.5) is 0 Å². The number of Topliss-reactive ketones (excluding diaryl/α,β-unsaturated/α-hetero) is 2. The van der Waals surface area contributed by atoms with Crippen molar-refractivity contribution in [2.24, 2.45) is 11.8 Å². The summed E-state index contributed by atoms with van der Waals surface area (Å²) in [4.78, 5) is 23.6. The highest BCUT2D eigenvalue weighted by Crippen LogP contribution is 2.33. The highest BCUT2D eigenvalue weighted by atomic mass is 16.1. The van der Waals surface area contributed by atoms with Gasteiger partial charge in [0.2, 0.25) is 0 Å². The molecule has 0 saturated carbocycles. The molecule has 2 rings (SSSR count). The first-order valence-corrected chi connectivity index (χ1v) is 10.5. The van der Waals surface area contributed by atoms with E-state index in [2.05, 4.69) is 14.1 Å². The zero-order chi connectivity index (χ0) is 18.5. The Hall–Kier alpha value is -0.740. The molecular formula is C21H40N2O2+2. The van der Waals surface area contributed by atoms with E-state index in [1.54, 1.807) is 0 Å². The molecule has 0 amide bonds. The summed E-state index contributed by atoms with van der Waals surface area (Å²) < 4.78 is 1.92. The summed E-state index contributed by atoms with van der Waals surface area (Å²) in [6, 6.07) is 0. The molecule has 2 aliphatic heterocycles. The summed E-state index contributed by atoms with van der Waals surface area (Å²) in [5, 5.41) is 0. The topological polar surface area (TPSA) is 34.1 Å². The molecule has 2 fully saturated rings. The lowest BCUT2D eigenvalue weighted by Crippen LogP contribution is -2.53. The van der Waals surface area contributed by atoms with Gasteiger partial charge in [0.05, 0.1) is 40.3 Å². The van der Waals surface area contributed by atoms with Crippen LogP contribution in [-0.2, 0) is 9.59 Å². The Balaban J connectivity index is 1.73. The molecule has 4 nitrogen and oxygen atoms in total. The van der Waals surface area contributed by atoms with Gasteiger partial charge in [0.15, 0.2) is 11.6 Å². The Kier molecular flexibility index (Phi) is 7.21. The molecule has 0 unspecified atom stereocenters. The first kappa shape index (κ1) is 20.6. The van der Waals surface area contributed by atoms with Crippen LogP contribution >= 0.6 is 0 Å². The summed E-state index contributed by atoms with van der Waals surface area (Å²) >= 11 is 0. The minimum atomic E-state index is 0.409. The second-order valence-corrected chi connectivity index (χ2v) is 9.36. The largest absolute Gasteiger partial charge is 0.320 e. The average Bonchev–Trinajstić information content (AvgIpc) is 2.58. The standard InChI is InChI=1S/C21H40N2O2/c1-5-20(24)16-22(3)11-7-18(8-12-22)15-19-9-13-23(4,14-10-19)17-21(25)6-2/h18-19H,5-17H2,1-4H3/q+2. The van der Waals surface area contributed by atoms with Gasteiger partial charge in [0.1, 0.15) is 13.1 Å². The lowest BCUT2D eigenvalue weighted by molar-refractivity contribution is -0.908. The quantitative estimate of drug-likeness (QED) is 0.629. The molecule has 2 heterocycles. The molecule has 0 bridgehead atoms. The Morgan fingerprint density at radius 2 is 1.04 bits per heavy atom. The van der Waals surface area contributed by atoms with E-state index < -0.39 is 0 Å². The predicted molar refractivity (Wildman–Crippen MR) is 102 cm³/mol. The highest BCUT2D eigenvalue weighted by Gasteiger charge is 2.35. The van der Waals surface area contributed by atoms with E-state index in [4.69, 9.17) is 0 Å². The molecule has 0 aromatic heterocycles. The van der Waals surface area contributed by atoms with Crippen LogP contribution in [0.3, 0.4) is 0 Å². The maximum atomic E-state index is 11.8. The number of nitrogens with zero attached hydrogens (tertiary/aromatic N) is 2. The molecule has 144 valence electrons. The van der Waals surface area contributed by atoms with Crippen molar-refractivity contribution in [1.82, 2.24) is 0 Å². The van der Waals surface area contributed by atoms with Crippen LogP contribution in [0.15, 0.2) is 0 Å². The lowest BCUT2D eigenvalue weighted by Gasteiger charge is -2.43. The first-order chi connectivity index (χ1) is 11.8. The van der Waals surface area contributed by atoms with E-state index in [1.165, 1.54) is 58.3 Å². The van der Waals surface area contributed by atoms with Crippen molar-refractivity contribution in [1.29, 1.82) is 0 Å². The zero-order valence-corrected chi connectivity index (χ0v) is 17.1. The fourth-order valence-corrected chi connectivity index (χ4v) is 4.82. The Bertz CT molecular complexity index is 417. The van der Waals surface area contributed by atoms with E-state index in [0.717, 1.165) is 33.9 Å². The van der Waals surface area contributed by atoms with E-state index in [1.807, 2.05) is 13.8 Å². The van der Waals surface area contributed by atoms with Crippen molar-refractivity contribution in [2.75, 3.05) is 53.4 Å². The van der Waals surface area contributed by atoms with Gasteiger partial charge in [0, 0.05) is 12.8 Å². The number of piperidine rings is 2. The van der Waals surface area contributed by atoms with Gasteiger partial charge in [-0.25, -0.2) is 0 Å². The number of carbonyl (C=O) groups excluding carboxylic acids is 2. The van der Waals surface area contributed by atoms with E-state index in [-0.39, 0.29) is 0 Å². The number of hydrogen-bond donors (Lipinski definition) is 0. The Labute approximate surface area is 154 Å². The number of rotatable bonds is 8. The fraction of sp³-hybridized carbons (Fsp3) is 0.905. The number of quaternary nitrogens is 2. The number of likely N-dealkylation sites (tertiary alicyclic amines) is 2. The van der Waals surface area contributed by atoms with E-state index in [0.29, 0.717) is 24.4 Å². The summed E-state index contributed by atoms with van der Waals surface area (Å²) in [6.07, 6.45) is 7.85. The van der Waals surface area contributed by atoms with Gasteiger partial charge in [-0.15, -0.1) is 0 Å². The smallest absolute Gasteiger partial charge is 0.186 e. The summed E-state index contributed by atoms with van der Waals surface area (Å²) in [6.45, 7) is 10.1. The molecule has 0 spiro atoms. The average molecular weight is 353 g/mol. The number of ketones is 2. The molecule has 0 N–H and O–H groups in total. The van der Waals surface area contributed by atoms with Gasteiger partial charge >= 0.3 is 0 Å². The van der Waals surface area contributed by atoms with Crippen LogP contribution < -0.4 is 0 Å². The van der Waals surface area contributed by atoms with Gasteiger partial charge in [-0.05, 0) is 43.9 Å². The zero-order valence-electron chi connectivity index (χ0n) is 17.1. The fourth-order valence-electron chi connectivity index (χ4n) is 4.82. The predicted octanol–water partition coefficient (Wildman–Crippen LogP) is 3.05. The van der Waals surface area contributed by atoms with E-state index >= 15 is 0 Å². The molecule has 0 radical (unpaired) electrons. The number of likely N-dealkylation sites (N-methyl/N-ethyl adjacent to an activating group) is 2. The summed E-state index contributed by atoms with van der Waals surface area (Å²) in [5.41, 5.74) is 0. The monoisotopic (exact) mass is 352 g/mol. The summed E-state index contributed by atoms with van der Waals surface area (Å²) in [7, 11) is 4.52. The van der Waals surface area contributed by atoms with Crippen molar-refractivity contribution in [3.05, 3.63) is 0 Å². The van der Waals surface area contributed by atoms with Gasteiger partial charge < -0.3 is 8.97 Å².